The van der Waals surface area contributed by atoms with E-state index in [1.165, 1.54) is 30.3 Å². The second kappa shape index (κ2) is 6.32. The summed E-state index contributed by atoms with van der Waals surface area (Å²) in [5.41, 5.74) is 7.17. The number of halogens is 1. The molecule has 21 heavy (non-hydrogen) atoms. The predicted molar refractivity (Wildman–Crippen MR) is 76.4 cm³/mol. The Kier molecular flexibility index (Phi) is 4.49. The Hall–Kier alpha value is -2.47. The van der Waals surface area contributed by atoms with Gasteiger partial charge < -0.3 is 10.5 Å². The summed E-state index contributed by atoms with van der Waals surface area (Å²) in [6, 6.07) is 9.88. The largest absolute Gasteiger partial charge is 0.489 e. The molecule has 0 amide bonds. The molecule has 0 heterocycles. The molecule has 0 saturated carbocycles. The van der Waals surface area contributed by atoms with Gasteiger partial charge in [0.1, 0.15) is 18.2 Å². The zero-order chi connectivity index (χ0) is 15.4. The van der Waals surface area contributed by atoms with Gasteiger partial charge in [0, 0.05) is 23.7 Å². The van der Waals surface area contributed by atoms with Crippen LogP contribution in [-0.2, 0) is 6.61 Å². The highest BCUT2D eigenvalue weighted by Crippen LogP contribution is 2.25. The van der Waals surface area contributed by atoms with Gasteiger partial charge in [0.25, 0.3) is 5.69 Å². The van der Waals surface area contributed by atoms with E-state index in [0.717, 1.165) is 5.56 Å². The number of benzene rings is 2. The minimum atomic E-state index is -0.460. The Morgan fingerprint density at radius 1 is 1.29 bits per heavy atom. The van der Waals surface area contributed by atoms with Gasteiger partial charge in [-0.25, -0.2) is 4.39 Å². The van der Waals surface area contributed by atoms with E-state index >= 15 is 0 Å². The molecule has 2 aromatic carbocycles. The van der Waals surface area contributed by atoms with Crippen LogP contribution in [0.5, 0.6) is 5.75 Å². The topological polar surface area (TPSA) is 78.4 Å². The van der Waals surface area contributed by atoms with E-state index in [1.807, 2.05) is 0 Å². The second-order valence-electron chi connectivity index (χ2n) is 4.68. The fourth-order valence-corrected chi connectivity index (χ4v) is 1.88. The molecule has 0 aliphatic rings. The van der Waals surface area contributed by atoms with Crippen molar-refractivity contribution >= 4 is 5.69 Å². The molecule has 1 atom stereocenters. The fraction of sp³-hybridized carbons (Fsp3) is 0.200. The van der Waals surface area contributed by atoms with E-state index in [0.29, 0.717) is 11.3 Å². The molecule has 0 aliphatic carbocycles. The molecule has 0 aliphatic heterocycles. The maximum Gasteiger partial charge on any atom is 0.269 e. The molecule has 0 aromatic heterocycles. The third-order valence-electron chi connectivity index (χ3n) is 3.00. The lowest BCUT2D eigenvalue weighted by atomic mass is 10.1. The predicted octanol–water partition coefficient (Wildman–Crippen LogP) is 3.33. The van der Waals surface area contributed by atoms with Gasteiger partial charge in [0.05, 0.1) is 4.92 Å². The molecule has 0 spiro atoms. The lowest BCUT2D eigenvalue weighted by Gasteiger charge is -2.14. The summed E-state index contributed by atoms with van der Waals surface area (Å²) < 4.78 is 18.8. The third-order valence-corrected chi connectivity index (χ3v) is 3.00. The van der Waals surface area contributed by atoms with E-state index in [4.69, 9.17) is 10.5 Å². The van der Waals surface area contributed by atoms with Crippen LogP contribution in [0.25, 0.3) is 0 Å². The number of nitrogens with zero attached hydrogens (tertiary/aromatic N) is 1. The summed E-state index contributed by atoms with van der Waals surface area (Å²) in [5.74, 6) is 0.134. The average Bonchev–Trinajstić information content (AvgIpc) is 2.46. The standard InChI is InChI=1S/C15H15FN2O3/c1-10(17)14-8-12(16)4-7-15(14)21-9-11-2-5-13(6-3-11)18(19)20/h2-8,10H,9,17H2,1H3. The lowest BCUT2D eigenvalue weighted by Crippen LogP contribution is -2.08. The van der Waals surface area contributed by atoms with Crippen molar-refractivity contribution in [2.75, 3.05) is 0 Å². The van der Waals surface area contributed by atoms with Crippen molar-refractivity contribution in [1.82, 2.24) is 0 Å². The molecule has 0 fully saturated rings. The normalized spacial score (nSPS) is 12.0. The first-order chi connectivity index (χ1) is 9.97. The average molecular weight is 290 g/mol. The molecule has 2 rings (SSSR count). The third kappa shape index (κ3) is 3.76. The van der Waals surface area contributed by atoms with Crippen LogP contribution >= 0.6 is 0 Å². The number of hydrogen-bond acceptors (Lipinski definition) is 4. The molecule has 0 saturated heterocycles. The Morgan fingerprint density at radius 2 is 1.95 bits per heavy atom. The minimum absolute atomic E-state index is 0.0248. The highest BCUT2D eigenvalue weighted by Gasteiger charge is 2.10. The van der Waals surface area contributed by atoms with Crippen LogP contribution in [0.4, 0.5) is 10.1 Å². The van der Waals surface area contributed by atoms with Crippen molar-refractivity contribution in [3.05, 3.63) is 69.5 Å². The highest BCUT2D eigenvalue weighted by molar-refractivity contribution is 5.37. The van der Waals surface area contributed by atoms with E-state index < -0.39 is 4.92 Å². The first-order valence-electron chi connectivity index (χ1n) is 6.38. The summed E-state index contributed by atoms with van der Waals surface area (Å²) in [6.07, 6.45) is 0. The zero-order valence-corrected chi connectivity index (χ0v) is 11.5. The summed E-state index contributed by atoms with van der Waals surface area (Å²) in [4.78, 5) is 10.1. The van der Waals surface area contributed by atoms with E-state index in [2.05, 4.69) is 0 Å². The van der Waals surface area contributed by atoms with Crippen LogP contribution in [0.2, 0.25) is 0 Å². The van der Waals surface area contributed by atoms with Crippen LogP contribution in [0.15, 0.2) is 42.5 Å². The van der Waals surface area contributed by atoms with Crippen molar-refractivity contribution in [3.8, 4) is 5.75 Å². The molecule has 110 valence electrons. The van der Waals surface area contributed by atoms with Crippen molar-refractivity contribution < 1.29 is 14.1 Å². The minimum Gasteiger partial charge on any atom is -0.489 e. The number of nitro groups is 1. The molecular weight excluding hydrogens is 275 g/mol. The number of rotatable bonds is 5. The van der Waals surface area contributed by atoms with Crippen LogP contribution in [-0.4, -0.2) is 4.92 Å². The number of nitro benzene ring substituents is 1. The molecule has 0 bridgehead atoms. The SMILES string of the molecule is CC(N)c1cc(F)ccc1OCc1ccc([N+](=O)[O-])cc1. The molecular formula is C15H15FN2O3. The van der Waals surface area contributed by atoms with Crippen LogP contribution in [0.3, 0.4) is 0 Å². The second-order valence-corrected chi connectivity index (χ2v) is 4.68. The molecule has 2 aromatic rings. The Labute approximate surface area is 121 Å². The fourth-order valence-electron chi connectivity index (χ4n) is 1.88. The Balaban J connectivity index is 2.11. The van der Waals surface area contributed by atoms with Gasteiger partial charge in [-0.1, -0.05) is 0 Å². The molecule has 5 nitrogen and oxygen atoms in total. The Bertz CT molecular complexity index is 642. The van der Waals surface area contributed by atoms with Crippen molar-refractivity contribution in [2.45, 2.75) is 19.6 Å². The van der Waals surface area contributed by atoms with Crippen molar-refractivity contribution in [2.24, 2.45) is 5.73 Å². The van der Waals surface area contributed by atoms with Crippen LogP contribution in [0.1, 0.15) is 24.1 Å². The quantitative estimate of drug-likeness (QED) is 0.676. The summed E-state index contributed by atoms with van der Waals surface area (Å²) in [5, 5.41) is 10.6. The van der Waals surface area contributed by atoms with Gasteiger partial charge in [0.2, 0.25) is 0 Å². The van der Waals surface area contributed by atoms with Gasteiger partial charge in [-0.3, -0.25) is 10.1 Å². The first kappa shape index (κ1) is 14.9. The number of non-ortho nitro benzene ring substituents is 1. The summed E-state index contributed by atoms with van der Waals surface area (Å²) in [6.45, 7) is 1.97. The lowest BCUT2D eigenvalue weighted by molar-refractivity contribution is -0.384. The summed E-state index contributed by atoms with van der Waals surface area (Å²) >= 11 is 0. The number of hydrogen-bond donors (Lipinski definition) is 1. The van der Waals surface area contributed by atoms with E-state index in [-0.39, 0.29) is 24.2 Å². The van der Waals surface area contributed by atoms with Crippen molar-refractivity contribution in [1.29, 1.82) is 0 Å². The highest BCUT2D eigenvalue weighted by atomic mass is 19.1. The smallest absolute Gasteiger partial charge is 0.269 e. The molecule has 6 heteroatoms. The van der Waals surface area contributed by atoms with Gasteiger partial charge in [-0.2, -0.15) is 0 Å². The monoisotopic (exact) mass is 290 g/mol. The van der Waals surface area contributed by atoms with Crippen LogP contribution < -0.4 is 10.5 Å². The zero-order valence-electron chi connectivity index (χ0n) is 11.5. The van der Waals surface area contributed by atoms with Gasteiger partial charge >= 0.3 is 0 Å². The molecule has 0 radical (unpaired) electrons. The molecule has 1 unspecified atom stereocenters. The van der Waals surface area contributed by atoms with Gasteiger partial charge in [-0.15, -0.1) is 0 Å². The van der Waals surface area contributed by atoms with Crippen molar-refractivity contribution in [3.63, 3.8) is 0 Å². The first-order valence-corrected chi connectivity index (χ1v) is 6.38. The van der Waals surface area contributed by atoms with E-state index in [9.17, 15) is 14.5 Å². The maximum absolute atomic E-state index is 13.2. The van der Waals surface area contributed by atoms with Crippen LogP contribution in [0, 0.1) is 15.9 Å². The van der Waals surface area contributed by atoms with Gasteiger partial charge in [-0.05, 0) is 42.8 Å². The van der Waals surface area contributed by atoms with E-state index in [1.54, 1.807) is 19.1 Å². The summed E-state index contributed by atoms with van der Waals surface area (Å²) in [7, 11) is 0. The number of ether oxygens (including phenoxy) is 1. The number of nitrogens with two attached hydrogens (primary N) is 1. The van der Waals surface area contributed by atoms with Gasteiger partial charge in [0.15, 0.2) is 0 Å². The Morgan fingerprint density at radius 3 is 2.52 bits per heavy atom. The maximum atomic E-state index is 13.2. The molecule has 2 N–H and O–H groups in total.